The zero-order valence-electron chi connectivity index (χ0n) is 22.8. The van der Waals surface area contributed by atoms with Crippen molar-refractivity contribution in [3.63, 3.8) is 0 Å². The lowest BCUT2D eigenvalue weighted by atomic mass is 10.3. The van der Waals surface area contributed by atoms with E-state index in [1.807, 2.05) is 0 Å². The van der Waals surface area contributed by atoms with E-state index in [1.165, 1.54) is 46.9 Å². The third kappa shape index (κ3) is 5.91. The summed E-state index contributed by atoms with van der Waals surface area (Å²) in [5.74, 6) is 1.23. The molecule has 4 aromatic heterocycles. The fourth-order valence-corrected chi connectivity index (χ4v) is 5.51. The van der Waals surface area contributed by atoms with Gasteiger partial charge in [-0.15, -0.1) is 20.4 Å². The van der Waals surface area contributed by atoms with Crippen LogP contribution in [0.15, 0.2) is 58.7 Å². The van der Waals surface area contributed by atoms with Gasteiger partial charge < -0.3 is 0 Å². The first-order valence-electron chi connectivity index (χ1n) is 12.8. The van der Waals surface area contributed by atoms with Gasteiger partial charge in [-0.05, 0) is 26.0 Å². The normalized spacial score (nSPS) is 12.2. The highest BCUT2D eigenvalue weighted by Gasteiger charge is 2.14. The number of nitrogens with one attached hydrogen (secondary N) is 2. The number of nitro benzene ring substituents is 2. The standard InChI is InChI=1S/C24H20N14O4S2/c1-13-21(29-25-15-5-3-7-17(11-15)37(39)40)43-23-31-27-19(35(23)33-13)9-10-20-28-32-24-36(20)34-14(2)22(44-24)30-26-16-6-4-8-18(12-16)38(41)42/h3-8,11-12,25-26H,9-10H2,1-2H3/b29-21-,30-22-. The zero-order valence-corrected chi connectivity index (χ0v) is 24.5. The molecule has 44 heavy (non-hydrogen) atoms. The summed E-state index contributed by atoms with van der Waals surface area (Å²) < 4.78 is 4.39. The van der Waals surface area contributed by atoms with Crippen LogP contribution in [-0.4, -0.2) is 49.5 Å². The van der Waals surface area contributed by atoms with E-state index in [2.05, 4.69) is 51.6 Å². The summed E-state index contributed by atoms with van der Waals surface area (Å²) in [7, 11) is 0. The highest BCUT2D eigenvalue weighted by atomic mass is 32.1. The van der Waals surface area contributed by atoms with Gasteiger partial charge in [0, 0.05) is 37.1 Å². The van der Waals surface area contributed by atoms with Gasteiger partial charge in [-0.3, -0.25) is 31.1 Å². The maximum Gasteiger partial charge on any atom is 0.271 e. The predicted molar refractivity (Wildman–Crippen MR) is 159 cm³/mol. The van der Waals surface area contributed by atoms with Crippen molar-refractivity contribution in [2.45, 2.75) is 26.7 Å². The third-order valence-electron chi connectivity index (χ3n) is 6.11. The van der Waals surface area contributed by atoms with Gasteiger partial charge in [0.05, 0.1) is 32.6 Å². The second-order valence-corrected chi connectivity index (χ2v) is 11.1. The molecule has 0 radical (unpaired) electrons. The molecule has 0 fully saturated rings. The molecule has 0 saturated heterocycles. The number of hydrogen-bond acceptors (Lipinski definition) is 16. The molecule has 0 bridgehead atoms. The minimum atomic E-state index is -0.471. The van der Waals surface area contributed by atoms with Gasteiger partial charge in [0.25, 0.3) is 11.4 Å². The van der Waals surface area contributed by atoms with Crippen molar-refractivity contribution in [1.29, 1.82) is 0 Å². The Morgan fingerprint density at radius 3 is 1.57 bits per heavy atom. The molecule has 222 valence electrons. The Kier molecular flexibility index (Phi) is 7.64. The number of benzene rings is 2. The first kappa shape index (κ1) is 28.4. The molecule has 0 unspecified atom stereocenters. The molecule has 2 N–H and O–H groups in total. The van der Waals surface area contributed by atoms with E-state index in [-0.39, 0.29) is 11.4 Å². The van der Waals surface area contributed by atoms with Crippen LogP contribution >= 0.6 is 22.7 Å². The van der Waals surface area contributed by atoms with Crippen LogP contribution in [0.3, 0.4) is 0 Å². The topological polar surface area (TPSA) is 221 Å². The van der Waals surface area contributed by atoms with Crippen LogP contribution in [0.4, 0.5) is 22.7 Å². The number of rotatable bonds is 9. The molecular weight excluding hydrogens is 612 g/mol. The second-order valence-electron chi connectivity index (χ2n) is 9.17. The van der Waals surface area contributed by atoms with E-state index in [0.717, 1.165) is 0 Å². The Labute approximate surface area is 253 Å². The highest BCUT2D eigenvalue weighted by molar-refractivity contribution is 7.14. The Morgan fingerprint density at radius 2 is 1.16 bits per heavy atom. The Bertz CT molecular complexity index is 2050. The number of nitrogens with zero attached hydrogens (tertiary/aromatic N) is 12. The molecule has 0 atom stereocenters. The number of aromatic nitrogens is 8. The largest absolute Gasteiger partial charge is 0.277 e. The fraction of sp³-hybridized carbons (Fsp3) is 0.167. The van der Waals surface area contributed by atoms with E-state index in [1.54, 1.807) is 47.1 Å². The average molecular weight is 633 g/mol. The monoisotopic (exact) mass is 632 g/mol. The van der Waals surface area contributed by atoms with Crippen molar-refractivity contribution in [3.05, 3.63) is 101 Å². The minimum absolute atomic E-state index is 0.0432. The highest BCUT2D eigenvalue weighted by Crippen LogP contribution is 2.18. The summed E-state index contributed by atoms with van der Waals surface area (Å²) in [6, 6.07) is 12.1. The lowest BCUT2D eigenvalue weighted by Gasteiger charge is -2.03. The molecule has 0 aliphatic rings. The van der Waals surface area contributed by atoms with Gasteiger partial charge in [-0.2, -0.15) is 29.4 Å². The number of aryl methyl sites for hydroxylation is 4. The Morgan fingerprint density at radius 1 is 0.727 bits per heavy atom. The average Bonchev–Trinajstić information content (AvgIpc) is 3.60. The molecule has 18 nitrogen and oxygen atoms in total. The van der Waals surface area contributed by atoms with Gasteiger partial charge in [0.2, 0.25) is 9.92 Å². The third-order valence-corrected chi connectivity index (χ3v) is 8.14. The molecule has 0 aliphatic carbocycles. The molecular formula is C24H20N14O4S2. The van der Waals surface area contributed by atoms with Crippen LogP contribution in [-0.2, 0) is 12.8 Å². The Hall–Kier alpha value is -5.76. The number of anilines is 2. The van der Waals surface area contributed by atoms with Crippen molar-refractivity contribution >= 4 is 55.3 Å². The first-order chi connectivity index (χ1) is 21.2. The maximum atomic E-state index is 11.0. The van der Waals surface area contributed by atoms with Crippen molar-refractivity contribution < 1.29 is 9.85 Å². The van der Waals surface area contributed by atoms with Crippen LogP contribution in [0, 0.1) is 34.1 Å². The summed E-state index contributed by atoms with van der Waals surface area (Å²) in [5, 5.41) is 57.0. The number of non-ortho nitro benzene ring substituents is 2. The molecule has 0 saturated carbocycles. The second kappa shape index (κ2) is 11.9. The summed E-state index contributed by atoms with van der Waals surface area (Å²) in [6.07, 6.45) is 0.908. The van der Waals surface area contributed by atoms with Crippen LogP contribution in [0.25, 0.3) is 9.92 Å². The molecule has 2 aromatic carbocycles. The molecule has 0 amide bonds. The molecule has 6 aromatic rings. The summed E-state index contributed by atoms with van der Waals surface area (Å²) in [6.45, 7) is 3.59. The van der Waals surface area contributed by atoms with E-state index >= 15 is 0 Å². The molecule has 0 aliphatic heterocycles. The number of hydrogen-bond donors (Lipinski definition) is 2. The van der Waals surface area contributed by atoms with Gasteiger partial charge in [0.15, 0.2) is 21.0 Å². The van der Waals surface area contributed by atoms with Crippen molar-refractivity contribution in [1.82, 2.24) is 39.6 Å². The van der Waals surface area contributed by atoms with Crippen LogP contribution in [0.2, 0.25) is 0 Å². The lowest BCUT2D eigenvalue weighted by molar-refractivity contribution is -0.385. The minimum Gasteiger partial charge on any atom is -0.277 e. The van der Waals surface area contributed by atoms with Crippen molar-refractivity contribution in [2.75, 3.05) is 10.9 Å². The van der Waals surface area contributed by atoms with Gasteiger partial charge in [-0.1, -0.05) is 34.8 Å². The molecule has 20 heteroatoms. The van der Waals surface area contributed by atoms with E-state index in [9.17, 15) is 20.2 Å². The Balaban J connectivity index is 1.19. The van der Waals surface area contributed by atoms with Crippen LogP contribution in [0.1, 0.15) is 23.0 Å². The van der Waals surface area contributed by atoms with Crippen molar-refractivity contribution in [2.24, 2.45) is 10.2 Å². The lowest BCUT2D eigenvalue weighted by Crippen LogP contribution is -2.14. The molecule has 0 spiro atoms. The van der Waals surface area contributed by atoms with E-state index in [0.29, 0.717) is 66.5 Å². The van der Waals surface area contributed by atoms with Crippen molar-refractivity contribution in [3.8, 4) is 0 Å². The van der Waals surface area contributed by atoms with Crippen LogP contribution in [0.5, 0.6) is 0 Å². The van der Waals surface area contributed by atoms with Crippen LogP contribution < -0.4 is 20.2 Å². The SMILES string of the molecule is Cc1nn2c(CCc3nnc4s/c(=N\Nc5cccc([N+](=O)[O-])c5)c(C)nn34)nnc2s/c1=N\Nc1cccc([N+](=O)[O-])c1. The number of fused-ring (bicyclic) bond motifs is 2. The number of nitro groups is 2. The smallest absolute Gasteiger partial charge is 0.271 e. The summed E-state index contributed by atoms with van der Waals surface area (Å²) >= 11 is 2.54. The fourth-order valence-electron chi connectivity index (χ4n) is 3.98. The van der Waals surface area contributed by atoms with Gasteiger partial charge >= 0.3 is 0 Å². The zero-order chi connectivity index (χ0) is 30.8. The maximum absolute atomic E-state index is 11.0. The summed E-state index contributed by atoms with van der Waals surface area (Å²) in [4.78, 5) is 22.2. The first-order valence-corrected chi connectivity index (χ1v) is 14.4. The van der Waals surface area contributed by atoms with Gasteiger partial charge in [0.1, 0.15) is 0 Å². The predicted octanol–water partition coefficient (Wildman–Crippen LogP) is 2.76. The molecule has 6 rings (SSSR count). The molecule has 4 heterocycles. The van der Waals surface area contributed by atoms with E-state index in [4.69, 9.17) is 0 Å². The quantitative estimate of drug-likeness (QED) is 0.173. The summed E-state index contributed by atoms with van der Waals surface area (Å²) in [5.41, 5.74) is 7.75. The van der Waals surface area contributed by atoms with Gasteiger partial charge in [-0.25, -0.2) is 0 Å². The van der Waals surface area contributed by atoms with E-state index < -0.39 is 9.85 Å².